The van der Waals surface area contributed by atoms with Crippen molar-refractivity contribution in [3.63, 3.8) is 0 Å². The summed E-state index contributed by atoms with van der Waals surface area (Å²) in [4.78, 5) is 36.5. The van der Waals surface area contributed by atoms with Crippen LogP contribution < -0.4 is 5.32 Å². The number of rotatable bonds is 1. The Morgan fingerprint density at radius 2 is 1.79 bits per heavy atom. The zero-order valence-electron chi connectivity index (χ0n) is 14.5. The maximum absolute atomic E-state index is 13.0. The Balaban J connectivity index is 1.69. The highest BCUT2D eigenvalue weighted by Crippen LogP contribution is 2.64. The van der Waals surface area contributed by atoms with E-state index in [2.05, 4.69) is 19.2 Å². The van der Waals surface area contributed by atoms with Gasteiger partial charge in [0.2, 0.25) is 5.91 Å². The molecule has 7 atom stereocenters. The van der Waals surface area contributed by atoms with E-state index in [-0.39, 0.29) is 52.2 Å². The molecular weight excluding hydrogens is 306 g/mol. The smallest absolute Gasteiger partial charge is 0.307 e. The Hall–Kier alpha value is -1.39. The molecule has 3 saturated carbocycles. The molecule has 4 rings (SSSR count). The summed E-state index contributed by atoms with van der Waals surface area (Å²) in [5.41, 5.74) is -0.265. The number of carboxylic acids is 1. The molecule has 24 heavy (non-hydrogen) atoms. The number of fused-ring (bicyclic) bond motifs is 5. The Kier molecular flexibility index (Phi) is 3.39. The maximum Gasteiger partial charge on any atom is 0.307 e. The fourth-order valence-corrected chi connectivity index (χ4v) is 6.79. The lowest BCUT2D eigenvalue weighted by Crippen LogP contribution is -2.63. The van der Waals surface area contributed by atoms with Gasteiger partial charge in [-0.3, -0.25) is 14.4 Å². The molecule has 0 radical (unpaired) electrons. The Morgan fingerprint density at radius 3 is 2.50 bits per heavy atom. The van der Waals surface area contributed by atoms with Gasteiger partial charge in [-0.2, -0.15) is 0 Å². The molecule has 0 spiro atoms. The van der Waals surface area contributed by atoms with Crippen LogP contribution >= 0.6 is 0 Å². The van der Waals surface area contributed by atoms with Crippen LogP contribution in [-0.2, 0) is 14.4 Å². The first kappa shape index (κ1) is 16.1. The summed E-state index contributed by atoms with van der Waals surface area (Å²) in [6, 6.07) is -0.0338. The minimum absolute atomic E-state index is 0.00986. The van der Waals surface area contributed by atoms with E-state index < -0.39 is 5.97 Å². The van der Waals surface area contributed by atoms with Gasteiger partial charge >= 0.3 is 5.97 Å². The number of nitrogens with one attached hydrogen (secondary N) is 1. The number of hydrogen-bond acceptors (Lipinski definition) is 3. The average molecular weight is 333 g/mol. The average Bonchev–Trinajstić information content (AvgIpc) is 2.86. The van der Waals surface area contributed by atoms with E-state index in [0.717, 1.165) is 25.7 Å². The van der Waals surface area contributed by atoms with Gasteiger partial charge in [-0.25, -0.2) is 0 Å². The van der Waals surface area contributed by atoms with Gasteiger partial charge in [0, 0.05) is 24.8 Å². The summed E-state index contributed by atoms with van der Waals surface area (Å²) in [6.07, 6.45) is 5.17. The van der Waals surface area contributed by atoms with Crippen LogP contribution in [-0.4, -0.2) is 28.8 Å². The SMILES string of the molecule is C[C@]12CCC(=O)N[C@@H]1CC(=O)[C@@H]1[C@@H]2CC[C@]2(C)[C@@H](C(=O)O)CC[C@@H]12. The van der Waals surface area contributed by atoms with Crippen LogP contribution in [0.3, 0.4) is 0 Å². The largest absolute Gasteiger partial charge is 0.481 e. The van der Waals surface area contributed by atoms with E-state index in [0.29, 0.717) is 19.3 Å². The summed E-state index contributed by atoms with van der Waals surface area (Å²) in [7, 11) is 0. The van der Waals surface area contributed by atoms with E-state index >= 15 is 0 Å². The van der Waals surface area contributed by atoms with E-state index in [1.54, 1.807) is 0 Å². The molecule has 1 amide bonds. The van der Waals surface area contributed by atoms with Crippen molar-refractivity contribution in [3.8, 4) is 0 Å². The summed E-state index contributed by atoms with van der Waals surface area (Å²) >= 11 is 0. The van der Waals surface area contributed by atoms with Crippen molar-refractivity contribution in [1.82, 2.24) is 5.32 Å². The first-order chi connectivity index (χ1) is 11.3. The lowest BCUT2D eigenvalue weighted by atomic mass is 9.46. The van der Waals surface area contributed by atoms with Gasteiger partial charge in [0.25, 0.3) is 0 Å². The minimum atomic E-state index is -0.698. The normalized spacial score (nSPS) is 50.5. The van der Waals surface area contributed by atoms with Gasteiger partial charge < -0.3 is 10.4 Å². The summed E-state index contributed by atoms with van der Waals surface area (Å²) in [5.74, 6) is -0.217. The van der Waals surface area contributed by atoms with Gasteiger partial charge in [0.15, 0.2) is 0 Å². The predicted octanol–water partition coefficient (Wildman–Crippen LogP) is 2.39. The molecule has 0 unspecified atom stereocenters. The molecule has 4 fully saturated rings. The van der Waals surface area contributed by atoms with Gasteiger partial charge in [-0.15, -0.1) is 0 Å². The van der Waals surface area contributed by atoms with Crippen molar-refractivity contribution in [3.05, 3.63) is 0 Å². The molecule has 1 heterocycles. The molecule has 1 saturated heterocycles. The Bertz CT molecular complexity index is 616. The second kappa shape index (κ2) is 5.06. The van der Waals surface area contributed by atoms with Crippen LogP contribution in [0.4, 0.5) is 0 Å². The van der Waals surface area contributed by atoms with Crippen molar-refractivity contribution in [2.45, 2.75) is 64.8 Å². The van der Waals surface area contributed by atoms with Crippen molar-refractivity contribution in [2.24, 2.45) is 34.5 Å². The molecule has 2 N–H and O–H groups in total. The zero-order chi connectivity index (χ0) is 17.3. The third-order valence-corrected chi connectivity index (χ3v) is 8.21. The third-order valence-electron chi connectivity index (χ3n) is 8.21. The first-order valence-corrected chi connectivity index (χ1v) is 9.32. The van der Waals surface area contributed by atoms with Gasteiger partial charge in [0.1, 0.15) is 5.78 Å². The van der Waals surface area contributed by atoms with Crippen molar-refractivity contribution in [2.75, 3.05) is 0 Å². The lowest BCUT2D eigenvalue weighted by Gasteiger charge is -2.59. The van der Waals surface area contributed by atoms with Crippen molar-refractivity contribution in [1.29, 1.82) is 0 Å². The molecule has 4 aliphatic rings. The number of amides is 1. The number of piperidine rings is 1. The van der Waals surface area contributed by atoms with Crippen LogP contribution in [0.25, 0.3) is 0 Å². The number of Topliss-reactive ketones (excluding diaryl/α,β-unsaturated/α-hetero) is 1. The first-order valence-electron chi connectivity index (χ1n) is 9.32. The van der Waals surface area contributed by atoms with Crippen molar-refractivity contribution >= 4 is 17.7 Å². The molecule has 1 aliphatic heterocycles. The van der Waals surface area contributed by atoms with E-state index in [9.17, 15) is 19.5 Å². The highest BCUT2D eigenvalue weighted by molar-refractivity contribution is 5.86. The van der Waals surface area contributed by atoms with E-state index in [4.69, 9.17) is 0 Å². The fraction of sp³-hybridized carbons (Fsp3) is 0.842. The molecule has 5 nitrogen and oxygen atoms in total. The Labute approximate surface area is 142 Å². The van der Waals surface area contributed by atoms with E-state index in [1.165, 1.54) is 0 Å². The highest BCUT2D eigenvalue weighted by Gasteiger charge is 2.63. The van der Waals surface area contributed by atoms with Gasteiger partial charge in [0.05, 0.1) is 5.92 Å². The molecule has 0 bridgehead atoms. The minimum Gasteiger partial charge on any atom is -0.481 e. The topological polar surface area (TPSA) is 83.5 Å². The molecule has 5 heteroatoms. The summed E-state index contributed by atoms with van der Waals surface area (Å²) < 4.78 is 0. The standard InChI is InChI=1S/C19H27NO4/c1-18-7-5-11-16(10(18)3-4-12(18)17(23)24)13(21)9-14-19(11,2)8-6-15(22)20-14/h10-12,14,16H,3-9H2,1-2H3,(H,20,22)(H,23,24)/t10-,11-,12+,14+,16-,18-,19+/m0/s1. The number of aliphatic carboxylic acids is 1. The summed E-state index contributed by atoms with van der Waals surface area (Å²) in [6.45, 7) is 4.34. The number of carbonyl (C=O) groups is 3. The molecule has 132 valence electrons. The lowest BCUT2D eigenvalue weighted by molar-refractivity contribution is -0.160. The second-order valence-corrected chi connectivity index (χ2v) is 9.05. The maximum atomic E-state index is 13.0. The monoisotopic (exact) mass is 333 g/mol. The fourth-order valence-electron chi connectivity index (χ4n) is 6.79. The van der Waals surface area contributed by atoms with E-state index in [1.807, 2.05) is 0 Å². The molecular formula is C19H27NO4. The van der Waals surface area contributed by atoms with Crippen LogP contribution in [0, 0.1) is 34.5 Å². The second-order valence-electron chi connectivity index (χ2n) is 9.05. The summed E-state index contributed by atoms with van der Waals surface area (Å²) in [5, 5.41) is 12.7. The third kappa shape index (κ3) is 1.96. The predicted molar refractivity (Wildman–Crippen MR) is 87.1 cm³/mol. The number of hydrogen-bond donors (Lipinski definition) is 2. The molecule has 0 aromatic heterocycles. The number of ketones is 1. The van der Waals surface area contributed by atoms with Crippen LogP contribution in [0.2, 0.25) is 0 Å². The quantitative estimate of drug-likeness (QED) is 0.772. The highest BCUT2D eigenvalue weighted by atomic mass is 16.4. The number of carbonyl (C=O) groups excluding carboxylic acids is 2. The van der Waals surface area contributed by atoms with Gasteiger partial charge in [-0.05, 0) is 54.8 Å². The van der Waals surface area contributed by atoms with Crippen LogP contribution in [0.15, 0.2) is 0 Å². The van der Waals surface area contributed by atoms with Crippen LogP contribution in [0.1, 0.15) is 58.8 Å². The number of carboxylic acid groups (broad SMARTS) is 1. The van der Waals surface area contributed by atoms with Gasteiger partial charge in [-0.1, -0.05) is 13.8 Å². The molecule has 0 aromatic carbocycles. The zero-order valence-corrected chi connectivity index (χ0v) is 14.5. The molecule has 0 aromatic rings. The van der Waals surface area contributed by atoms with Crippen LogP contribution in [0.5, 0.6) is 0 Å². The van der Waals surface area contributed by atoms with Crippen molar-refractivity contribution < 1.29 is 19.5 Å². The Morgan fingerprint density at radius 1 is 1.08 bits per heavy atom. The molecule has 3 aliphatic carbocycles.